The Bertz CT molecular complexity index is 463. The second-order valence-electron chi connectivity index (χ2n) is 7.51. The predicted molar refractivity (Wildman–Crippen MR) is 97.1 cm³/mol. The van der Waals surface area contributed by atoms with E-state index in [-0.39, 0.29) is 11.8 Å². The standard InChI is InChI=1S/C18H33NO3Si/c1-7-9-18(19(3)14-17-21-10-11-22-17)13-15(20-8-2)12-16(18)23(4,5)6/h12-13,17H,7-11,14H2,1-6H3. The largest absolute Gasteiger partial charge is 0.494 e. The Labute approximate surface area is 142 Å². The lowest BCUT2D eigenvalue weighted by atomic mass is 9.93. The van der Waals surface area contributed by atoms with Crippen molar-refractivity contribution in [1.82, 2.24) is 4.90 Å². The fraction of sp³-hybridized carbons (Fsp3) is 0.778. The third-order valence-corrected chi connectivity index (χ3v) is 6.87. The number of rotatable bonds is 8. The lowest BCUT2D eigenvalue weighted by Gasteiger charge is -2.44. The van der Waals surface area contributed by atoms with Crippen LogP contribution in [-0.4, -0.2) is 58.2 Å². The van der Waals surface area contributed by atoms with Gasteiger partial charge in [0.05, 0.1) is 40.0 Å². The molecule has 1 aliphatic heterocycles. The van der Waals surface area contributed by atoms with Crippen LogP contribution in [0.5, 0.6) is 0 Å². The summed E-state index contributed by atoms with van der Waals surface area (Å²) in [6.07, 6.45) is 6.76. The minimum atomic E-state index is -1.48. The van der Waals surface area contributed by atoms with Crippen molar-refractivity contribution < 1.29 is 14.2 Å². The summed E-state index contributed by atoms with van der Waals surface area (Å²) in [5, 5.41) is 1.55. The average molecular weight is 340 g/mol. The molecule has 0 aromatic carbocycles. The van der Waals surface area contributed by atoms with Gasteiger partial charge in [0.2, 0.25) is 0 Å². The second-order valence-corrected chi connectivity index (χ2v) is 12.6. The molecule has 0 saturated carbocycles. The number of nitrogens with zero attached hydrogens (tertiary/aromatic N) is 1. The van der Waals surface area contributed by atoms with Crippen LogP contribution in [0.25, 0.3) is 0 Å². The first kappa shape index (κ1) is 18.7. The highest BCUT2D eigenvalue weighted by molar-refractivity contribution is 6.83. The zero-order chi connectivity index (χ0) is 17.1. The molecule has 5 heteroatoms. The Morgan fingerprint density at radius 2 is 1.91 bits per heavy atom. The number of hydrogen-bond acceptors (Lipinski definition) is 4. The van der Waals surface area contributed by atoms with E-state index in [2.05, 4.69) is 50.7 Å². The first-order valence-corrected chi connectivity index (χ1v) is 12.4. The molecule has 1 fully saturated rings. The van der Waals surface area contributed by atoms with Crippen LogP contribution in [0.1, 0.15) is 26.7 Å². The zero-order valence-corrected chi connectivity index (χ0v) is 16.6. The van der Waals surface area contributed by atoms with Crippen LogP contribution in [-0.2, 0) is 14.2 Å². The summed E-state index contributed by atoms with van der Waals surface area (Å²) in [6, 6.07) is 0. The van der Waals surface area contributed by atoms with E-state index in [1.807, 2.05) is 6.92 Å². The molecule has 0 bridgehead atoms. The maximum Gasteiger partial charge on any atom is 0.170 e. The lowest BCUT2D eigenvalue weighted by Crippen LogP contribution is -2.53. The molecule has 4 nitrogen and oxygen atoms in total. The van der Waals surface area contributed by atoms with Crippen molar-refractivity contribution in [2.75, 3.05) is 33.4 Å². The summed E-state index contributed by atoms with van der Waals surface area (Å²) in [7, 11) is 0.714. The Balaban J connectivity index is 2.32. The van der Waals surface area contributed by atoms with Gasteiger partial charge >= 0.3 is 0 Å². The predicted octanol–water partition coefficient (Wildman–Crippen LogP) is 3.57. The second kappa shape index (κ2) is 7.51. The summed E-state index contributed by atoms with van der Waals surface area (Å²) in [6.45, 7) is 14.5. The van der Waals surface area contributed by atoms with Gasteiger partial charge in [-0.25, -0.2) is 0 Å². The molecule has 23 heavy (non-hydrogen) atoms. The van der Waals surface area contributed by atoms with E-state index in [1.165, 1.54) is 0 Å². The Morgan fingerprint density at radius 1 is 1.26 bits per heavy atom. The molecule has 0 N–H and O–H groups in total. The van der Waals surface area contributed by atoms with Crippen LogP contribution in [0, 0.1) is 0 Å². The molecule has 2 aliphatic rings. The summed E-state index contributed by atoms with van der Waals surface area (Å²) in [4.78, 5) is 2.42. The Kier molecular flexibility index (Phi) is 6.11. The molecule has 1 heterocycles. The van der Waals surface area contributed by atoms with E-state index in [0.717, 1.165) is 25.1 Å². The van der Waals surface area contributed by atoms with Crippen LogP contribution >= 0.6 is 0 Å². The van der Waals surface area contributed by atoms with Gasteiger partial charge in [0.1, 0.15) is 5.76 Å². The molecule has 2 rings (SSSR count). The van der Waals surface area contributed by atoms with Crippen LogP contribution in [0.4, 0.5) is 0 Å². The summed E-state index contributed by atoms with van der Waals surface area (Å²) in [5.74, 6) is 1.03. The van der Waals surface area contributed by atoms with Crippen LogP contribution in [0.15, 0.2) is 23.1 Å². The van der Waals surface area contributed by atoms with Crippen molar-refractivity contribution in [3.05, 3.63) is 23.1 Å². The Morgan fingerprint density at radius 3 is 2.43 bits per heavy atom. The molecule has 1 saturated heterocycles. The van der Waals surface area contributed by atoms with Crippen molar-refractivity contribution in [3.8, 4) is 0 Å². The highest BCUT2D eigenvalue weighted by Crippen LogP contribution is 2.42. The molecule has 0 aromatic rings. The highest BCUT2D eigenvalue weighted by atomic mass is 28.3. The summed E-state index contributed by atoms with van der Waals surface area (Å²) < 4.78 is 17.2. The third kappa shape index (κ3) is 4.08. The van der Waals surface area contributed by atoms with E-state index in [0.29, 0.717) is 19.8 Å². The number of ether oxygens (including phenoxy) is 3. The van der Waals surface area contributed by atoms with E-state index in [4.69, 9.17) is 14.2 Å². The molecule has 0 radical (unpaired) electrons. The van der Waals surface area contributed by atoms with Crippen LogP contribution < -0.4 is 0 Å². The lowest BCUT2D eigenvalue weighted by molar-refractivity contribution is -0.0676. The average Bonchev–Trinajstić information content (AvgIpc) is 3.07. The molecule has 1 unspecified atom stereocenters. The zero-order valence-electron chi connectivity index (χ0n) is 15.6. The molecule has 0 amide bonds. The smallest absolute Gasteiger partial charge is 0.170 e. The maximum absolute atomic E-state index is 5.87. The quantitative estimate of drug-likeness (QED) is 0.633. The van der Waals surface area contributed by atoms with Crippen molar-refractivity contribution in [2.24, 2.45) is 0 Å². The Hall–Kier alpha value is -0.623. The molecule has 1 atom stereocenters. The van der Waals surface area contributed by atoms with Gasteiger partial charge in [-0.05, 0) is 32.5 Å². The van der Waals surface area contributed by atoms with E-state index in [1.54, 1.807) is 5.20 Å². The van der Waals surface area contributed by atoms with Gasteiger partial charge < -0.3 is 14.2 Å². The van der Waals surface area contributed by atoms with Crippen LogP contribution in [0.2, 0.25) is 19.6 Å². The van der Waals surface area contributed by atoms with Gasteiger partial charge in [-0.3, -0.25) is 4.90 Å². The van der Waals surface area contributed by atoms with E-state index < -0.39 is 8.07 Å². The molecule has 0 aromatic heterocycles. The summed E-state index contributed by atoms with van der Waals surface area (Å²) in [5.41, 5.74) is -0.0565. The number of hydrogen-bond donors (Lipinski definition) is 0. The van der Waals surface area contributed by atoms with Gasteiger partial charge in [0, 0.05) is 0 Å². The van der Waals surface area contributed by atoms with Crippen molar-refractivity contribution >= 4 is 8.07 Å². The fourth-order valence-electron chi connectivity index (χ4n) is 3.73. The minimum absolute atomic E-state index is 0.0565. The number of likely N-dealkylation sites (N-methyl/N-ethyl adjacent to an activating group) is 1. The van der Waals surface area contributed by atoms with Gasteiger partial charge in [0.25, 0.3) is 0 Å². The molecule has 1 aliphatic carbocycles. The van der Waals surface area contributed by atoms with Gasteiger partial charge in [0.15, 0.2) is 6.29 Å². The van der Waals surface area contributed by atoms with E-state index in [9.17, 15) is 0 Å². The van der Waals surface area contributed by atoms with Crippen molar-refractivity contribution in [3.63, 3.8) is 0 Å². The van der Waals surface area contributed by atoms with Gasteiger partial charge in [-0.2, -0.15) is 0 Å². The van der Waals surface area contributed by atoms with Crippen LogP contribution in [0.3, 0.4) is 0 Å². The first-order chi connectivity index (χ1) is 10.8. The van der Waals surface area contributed by atoms with E-state index >= 15 is 0 Å². The van der Waals surface area contributed by atoms with Crippen molar-refractivity contribution in [2.45, 2.75) is 58.2 Å². The molecule has 132 valence electrons. The molecular formula is C18H33NO3Si. The SMILES string of the molecule is CCCC1(N(C)CC2OCCO2)C=C(OCC)C=C1[Si](C)(C)C. The third-order valence-electron chi connectivity index (χ3n) is 4.68. The topological polar surface area (TPSA) is 30.9 Å². The fourth-order valence-corrected chi connectivity index (χ4v) is 5.99. The minimum Gasteiger partial charge on any atom is -0.494 e. The van der Waals surface area contributed by atoms with Gasteiger partial charge in [-0.1, -0.05) is 38.2 Å². The summed E-state index contributed by atoms with van der Waals surface area (Å²) >= 11 is 0. The number of allylic oxidation sites excluding steroid dienone is 1. The normalized spacial score (nSPS) is 25.9. The maximum atomic E-state index is 5.87. The first-order valence-electron chi connectivity index (χ1n) is 8.86. The highest BCUT2D eigenvalue weighted by Gasteiger charge is 2.45. The monoisotopic (exact) mass is 339 g/mol. The van der Waals surface area contributed by atoms with Crippen molar-refractivity contribution in [1.29, 1.82) is 0 Å². The van der Waals surface area contributed by atoms with Gasteiger partial charge in [-0.15, -0.1) is 0 Å². The molecular weight excluding hydrogens is 306 g/mol. The molecule has 0 spiro atoms.